The number of hydrogen-bond donors (Lipinski definition) is 1. The van der Waals surface area contributed by atoms with Crippen LogP contribution in [0.1, 0.15) is 0 Å². The summed E-state index contributed by atoms with van der Waals surface area (Å²) < 4.78 is 0. The maximum Gasteiger partial charge on any atom is 0.291 e. The molecule has 0 spiro atoms. The summed E-state index contributed by atoms with van der Waals surface area (Å²) in [6.45, 7) is 0. The largest absolute Gasteiger partial charge is 0.328 e. The normalized spacial score (nSPS) is 7.20. The van der Waals surface area contributed by atoms with Gasteiger partial charge in [0.2, 0.25) is 0 Å². The molecule has 1 aromatic rings. The Morgan fingerprint density at radius 3 is 1.90 bits per heavy atom. The quantitative estimate of drug-likeness (QED) is 0.411. The van der Waals surface area contributed by atoms with Gasteiger partial charge in [0.25, 0.3) is 5.09 Å². The second-order valence-corrected chi connectivity index (χ2v) is 1.14. The highest BCUT2D eigenvalue weighted by Gasteiger charge is 1.65. The molecule has 0 unspecified atom stereocenters. The summed E-state index contributed by atoms with van der Waals surface area (Å²) in [5.41, 5.74) is 0. The highest BCUT2D eigenvalue weighted by atomic mass is 16.9. The molecule has 0 aromatic carbocycles. The first-order valence-electron chi connectivity index (χ1n) is 2.26. The molecule has 1 N–H and O–H groups in total. The molecule has 10 heavy (non-hydrogen) atoms. The molecule has 0 radical (unpaired) electrons. The van der Waals surface area contributed by atoms with Gasteiger partial charge in [-0.25, -0.2) is 9.97 Å². The van der Waals surface area contributed by atoms with Gasteiger partial charge in [-0.05, 0) is 6.07 Å². The van der Waals surface area contributed by atoms with Crippen LogP contribution in [-0.4, -0.2) is 20.3 Å². The molecule has 0 aliphatic heterocycles. The molecule has 0 saturated heterocycles. The summed E-state index contributed by atoms with van der Waals surface area (Å²) in [6.07, 6.45) is 4.88. The van der Waals surface area contributed by atoms with Crippen LogP contribution >= 0.6 is 0 Å². The number of aromatic nitrogens is 2. The Balaban J connectivity index is 0.000000180. The van der Waals surface area contributed by atoms with Crippen molar-refractivity contribution in [3.63, 3.8) is 0 Å². The minimum absolute atomic E-state index is 1.50. The van der Waals surface area contributed by atoms with Gasteiger partial charge in [0.05, 0.1) is 0 Å². The monoisotopic (exact) mass is 143 g/mol. The van der Waals surface area contributed by atoms with Crippen LogP contribution in [0.5, 0.6) is 0 Å². The molecule has 0 fully saturated rings. The van der Waals surface area contributed by atoms with Crippen LogP contribution in [0.4, 0.5) is 0 Å². The highest BCUT2D eigenvalue weighted by molar-refractivity contribution is 4.74. The van der Waals surface area contributed by atoms with Crippen LogP contribution in [0.3, 0.4) is 0 Å². The third-order valence-electron chi connectivity index (χ3n) is 0.478. The molecule has 1 rings (SSSR count). The molecule has 54 valence electrons. The zero-order valence-electron chi connectivity index (χ0n) is 4.91. The number of nitrogens with zero attached hydrogens (tertiary/aromatic N) is 3. The molecule has 1 aromatic heterocycles. The summed E-state index contributed by atoms with van der Waals surface area (Å²) in [5, 5.41) is 13.6. The Morgan fingerprint density at radius 2 is 1.80 bits per heavy atom. The molecular weight excluding hydrogens is 138 g/mol. The van der Waals surface area contributed by atoms with Crippen molar-refractivity contribution in [2.45, 2.75) is 0 Å². The summed E-state index contributed by atoms with van der Waals surface area (Å²) in [5.74, 6) is 0. The van der Waals surface area contributed by atoms with Gasteiger partial charge < -0.3 is 5.21 Å². The lowest BCUT2D eigenvalue weighted by Gasteiger charge is -1.70. The van der Waals surface area contributed by atoms with Gasteiger partial charge in [-0.15, -0.1) is 10.1 Å². The molecule has 0 atom stereocenters. The smallest absolute Gasteiger partial charge is 0.291 e. The predicted octanol–water partition coefficient (Wildman–Crippen LogP) is 0.129. The summed E-state index contributed by atoms with van der Waals surface area (Å²) in [6, 6.07) is 1.78. The van der Waals surface area contributed by atoms with E-state index in [1.807, 2.05) is 0 Å². The maximum atomic E-state index is 8.36. The van der Waals surface area contributed by atoms with Gasteiger partial charge in [0, 0.05) is 12.4 Å². The first kappa shape index (κ1) is 8.28. The lowest BCUT2D eigenvalue weighted by Crippen LogP contribution is -1.81. The van der Waals surface area contributed by atoms with Gasteiger partial charge in [-0.1, -0.05) is 0 Å². The van der Waals surface area contributed by atoms with Crippen molar-refractivity contribution in [3.05, 3.63) is 34.9 Å². The second kappa shape index (κ2) is 5.42. The lowest BCUT2D eigenvalue weighted by molar-refractivity contribution is -0.742. The Morgan fingerprint density at radius 1 is 1.40 bits per heavy atom. The fourth-order valence-corrected chi connectivity index (χ4v) is 0.253. The van der Waals surface area contributed by atoms with Crippen molar-refractivity contribution in [1.29, 1.82) is 0 Å². The van der Waals surface area contributed by atoms with Crippen LogP contribution in [0, 0.1) is 10.1 Å². The van der Waals surface area contributed by atoms with E-state index in [1.54, 1.807) is 18.5 Å². The van der Waals surface area contributed by atoms with Crippen LogP contribution < -0.4 is 0 Å². The van der Waals surface area contributed by atoms with E-state index >= 15 is 0 Å². The zero-order chi connectivity index (χ0) is 7.82. The molecule has 0 amide bonds. The average molecular weight is 143 g/mol. The van der Waals surface area contributed by atoms with Crippen LogP contribution in [-0.2, 0) is 0 Å². The third kappa shape index (κ3) is 9.56. The average Bonchev–Trinajstić information content (AvgIpc) is 1.90. The molecule has 0 aliphatic rings. The Kier molecular flexibility index (Phi) is 4.49. The molecule has 1 heterocycles. The molecule has 6 heteroatoms. The fraction of sp³-hybridized carbons (Fsp3) is 0. The van der Waals surface area contributed by atoms with Crippen molar-refractivity contribution in [2.75, 3.05) is 0 Å². The van der Waals surface area contributed by atoms with Crippen molar-refractivity contribution in [1.82, 2.24) is 9.97 Å². The molecule has 0 aliphatic carbocycles. The molecule has 0 bridgehead atoms. The Hall–Kier alpha value is -1.72. The Labute approximate surface area is 56.3 Å². The fourth-order valence-electron chi connectivity index (χ4n) is 0.253. The van der Waals surface area contributed by atoms with Crippen LogP contribution in [0.25, 0.3) is 0 Å². The first-order valence-corrected chi connectivity index (χ1v) is 2.26. The second-order valence-electron chi connectivity index (χ2n) is 1.14. The van der Waals surface area contributed by atoms with Gasteiger partial charge >= 0.3 is 0 Å². The van der Waals surface area contributed by atoms with E-state index in [-0.39, 0.29) is 0 Å². The summed E-state index contributed by atoms with van der Waals surface area (Å²) in [7, 11) is 0. The van der Waals surface area contributed by atoms with E-state index in [1.165, 1.54) is 6.33 Å². The predicted molar refractivity (Wildman–Crippen MR) is 30.8 cm³/mol. The van der Waals surface area contributed by atoms with Gasteiger partial charge in [0.15, 0.2) is 0 Å². The lowest BCUT2D eigenvalue weighted by atomic mass is 10.7. The van der Waals surface area contributed by atoms with Crippen molar-refractivity contribution in [2.24, 2.45) is 0 Å². The van der Waals surface area contributed by atoms with E-state index < -0.39 is 5.09 Å². The van der Waals surface area contributed by atoms with Crippen LogP contribution in [0.15, 0.2) is 24.8 Å². The van der Waals surface area contributed by atoms with E-state index in [4.69, 9.17) is 15.3 Å². The number of rotatable bonds is 0. The zero-order valence-corrected chi connectivity index (χ0v) is 4.91. The van der Waals surface area contributed by atoms with Crippen molar-refractivity contribution < 1.29 is 10.3 Å². The minimum Gasteiger partial charge on any atom is -0.328 e. The van der Waals surface area contributed by atoms with Crippen molar-refractivity contribution in [3.8, 4) is 0 Å². The van der Waals surface area contributed by atoms with Gasteiger partial charge in [0.1, 0.15) is 6.33 Å². The van der Waals surface area contributed by atoms with E-state index in [9.17, 15) is 0 Å². The summed E-state index contributed by atoms with van der Waals surface area (Å²) in [4.78, 5) is 15.7. The molecular formula is C4H5N3O3. The third-order valence-corrected chi connectivity index (χ3v) is 0.478. The van der Waals surface area contributed by atoms with Crippen molar-refractivity contribution >= 4 is 0 Å². The van der Waals surface area contributed by atoms with Crippen LogP contribution in [0.2, 0.25) is 0 Å². The molecule has 0 saturated carbocycles. The van der Waals surface area contributed by atoms with Gasteiger partial charge in [-0.2, -0.15) is 0 Å². The SMILES string of the molecule is O=[N+]([O-])O.c1cncnc1. The topological polar surface area (TPSA) is 89.2 Å². The first-order chi connectivity index (χ1) is 4.73. The molecule has 6 nitrogen and oxygen atoms in total. The van der Waals surface area contributed by atoms with E-state index in [0.717, 1.165) is 0 Å². The summed E-state index contributed by atoms with van der Waals surface area (Å²) >= 11 is 0. The van der Waals surface area contributed by atoms with Gasteiger partial charge in [-0.3, -0.25) is 0 Å². The number of hydrogen-bond acceptors (Lipinski definition) is 4. The standard InChI is InChI=1S/C4H4N2.HNO3/c1-2-5-4-6-3-1;2-1(3)4/h1-4H;(H,2,3,4). The minimum atomic E-state index is -1.50. The van der Waals surface area contributed by atoms with E-state index in [0.29, 0.717) is 0 Å². The maximum absolute atomic E-state index is 8.36. The highest BCUT2D eigenvalue weighted by Crippen LogP contribution is 1.66. The van der Waals surface area contributed by atoms with E-state index in [2.05, 4.69) is 9.97 Å². The Bertz CT molecular complexity index is 148.